The number of hydrogen-bond acceptors (Lipinski definition) is 5. The Kier molecular flexibility index (Phi) is 3.43. The van der Waals surface area contributed by atoms with Crippen LogP contribution in [0.3, 0.4) is 0 Å². The fourth-order valence-electron chi connectivity index (χ4n) is 2.90. The lowest BCUT2D eigenvalue weighted by Gasteiger charge is -2.29. The summed E-state index contributed by atoms with van der Waals surface area (Å²) in [7, 11) is 0. The highest BCUT2D eigenvalue weighted by Crippen LogP contribution is 2.23. The lowest BCUT2D eigenvalue weighted by atomic mass is 10.1. The maximum Gasteiger partial charge on any atom is 0.349 e. The van der Waals surface area contributed by atoms with Crippen molar-refractivity contribution in [2.24, 2.45) is 0 Å². The van der Waals surface area contributed by atoms with E-state index in [-0.39, 0.29) is 18.3 Å². The Morgan fingerprint density at radius 3 is 3.10 bits per heavy atom. The third kappa shape index (κ3) is 2.18. The molecule has 1 unspecified atom stereocenters. The molecule has 108 valence electrons. The van der Waals surface area contributed by atoms with E-state index in [0.29, 0.717) is 11.5 Å². The van der Waals surface area contributed by atoms with E-state index in [1.807, 2.05) is 0 Å². The highest BCUT2D eigenvalue weighted by atomic mass is 16.3. The predicted octanol–water partition coefficient (Wildman–Crippen LogP) is 0.467. The van der Waals surface area contributed by atoms with Gasteiger partial charge in [0.1, 0.15) is 11.6 Å². The van der Waals surface area contributed by atoms with Gasteiger partial charge in [-0.3, -0.25) is 0 Å². The van der Waals surface area contributed by atoms with Crippen molar-refractivity contribution in [3.8, 4) is 0 Å². The zero-order chi connectivity index (χ0) is 14.1. The fraction of sp³-hybridized carbons (Fsp3) is 0.615. The van der Waals surface area contributed by atoms with E-state index < -0.39 is 0 Å². The third-order valence-electron chi connectivity index (χ3n) is 3.94. The minimum absolute atomic E-state index is 0.0949. The number of nitrogens with one attached hydrogen (secondary N) is 1. The van der Waals surface area contributed by atoms with Crippen LogP contribution in [-0.2, 0) is 0 Å². The van der Waals surface area contributed by atoms with Crippen molar-refractivity contribution in [2.45, 2.75) is 38.6 Å². The summed E-state index contributed by atoms with van der Waals surface area (Å²) >= 11 is 0. The summed E-state index contributed by atoms with van der Waals surface area (Å²) in [5.41, 5.74) is 0.296. The summed E-state index contributed by atoms with van der Waals surface area (Å²) in [6, 6.07) is 1.90. The van der Waals surface area contributed by atoms with Gasteiger partial charge in [0.25, 0.3) is 0 Å². The Morgan fingerprint density at radius 2 is 2.30 bits per heavy atom. The highest BCUT2D eigenvalue weighted by Gasteiger charge is 2.22. The molecule has 1 aliphatic heterocycles. The van der Waals surface area contributed by atoms with Crippen molar-refractivity contribution in [2.75, 3.05) is 18.1 Å². The molecule has 3 heterocycles. The van der Waals surface area contributed by atoms with Crippen LogP contribution in [-0.4, -0.2) is 43.9 Å². The second kappa shape index (κ2) is 5.24. The molecule has 0 amide bonds. The summed E-state index contributed by atoms with van der Waals surface area (Å²) in [5, 5.41) is 16.0. The van der Waals surface area contributed by atoms with E-state index in [0.717, 1.165) is 31.6 Å². The Balaban J connectivity index is 2.05. The van der Waals surface area contributed by atoms with Gasteiger partial charge in [0.2, 0.25) is 0 Å². The molecule has 1 aliphatic rings. The van der Waals surface area contributed by atoms with Gasteiger partial charge in [0, 0.05) is 12.6 Å². The molecule has 1 fully saturated rings. The van der Waals surface area contributed by atoms with Gasteiger partial charge in [-0.25, -0.2) is 19.3 Å². The van der Waals surface area contributed by atoms with Gasteiger partial charge in [-0.05, 0) is 19.8 Å². The maximum absolute atomic E-state index is 11.6. The molecule has 0 aromatic carbocycles. The number of fused-ring (bicyclic) bond motifs is 1. The van der Waals surface area contributed by atoms with Gasteiger partial charge in [0.15, 0.2) is 5.65 Å². The van der Waals surface area contributed by atoms with Gasteiger partial charge in [-0.1, -0.05) is 12.8 Å². The second-order valence-corrected chi connectivity index (χ2v) is 5.26. The zero-order valence-corrected chi connectivity index (χ0v) is 11.5. The fourth-order valence-corrected chi connectivity index (χ4v) is 2.90. The number of aryl methyl sites for hydroxylation is 1. The molecule has 1 saturated heterocycles. The summed E-state index contributed by atoms with van der Waals surface area (Å²) in [4.78, 5) is 18.3. The summed E-state index contributed by atoms with van der Waals surface area (Å²) < 4.78 is 1.45. The van der Waals surface area contributed by atoms with Gasteiger partial charge >= 0.3 is 5.69 Å². The maximum atomic E-state index is 11.6. The van der Waals surface area contributed by atoms with Crippen LogP contribution in [0.25, 0.3) is 5.65 Å². The molecule has 7 nitrogen and oxygen atoms in total. The number of H-pyrrole nitrogens is 1. The van der Waals surface area contributed by atoms with Crippen LogP contribution in [0.5, 0.6) is 0 Å². The standard InChI is InChI=1S/C13H19N5O2/c1-9-14-11(7-12-15-16-13(20)18(9)12)17-6-4-2-3-5-10(17)8-19/h7,10,19H,2-6,8H2,1H3,(H,16,20). The van der Waals surface area contributed by atoms with Crippen LogP contribution in [0.1, 0.15) is 31.5 Å². The van der Waals surface area contributed by atoms with Crippen molar-refractivity contribution in [3.63, 3.8) is 0 Å². The van der Waals surface area contributed by atoms with Crippen molar-refractivity contribution >= 4 is 11.5 Å². The Labute approximate surface area is 116 Å². The van der Waals surface area contributed by atoms with Crippen LogP contribution in [0.15, 0.2) is 10.9 Å². The molecule has 7 heteroatoms. The number of aliphatic hydroxyl groups is 1. The third-order valence-corrected chi connectivity index (χ3v) is 3.94. The van der Waals surface area contributed by atoms with Gasteiger partial charge < -0.3 is 10.0 Å². The SMILES string of the molecule is Cc1nc(N2CCCCCC2CO)cc2n[nH]c(=O)n12. The average Bonchev–Trinajstić information content (AvgIpc) is 2.68. The minimum atomic E-state index is -0.272. The van der Waals surface area contributed by atoms with E-state index in [2.05, 4.69) is 20.1 Å². The minimum Gasteiger partial charge on any atom is -0.394 e. The van der Waals surface area contributed by atoms with Crippen LogP contribution in [0.4, 0.5) is 5.82 Å². The Bertz CT molecular complexity index is 662. The monoisotopic (exact) mass is 277 g/mol. The van der Waals surface area contributed by atoms with Crippen LogP contribution in [0, 0.1) is 6.92 Å². The normalized spacial score (nSPS) is 20.3. The first-order chi connectivity index (χ1) is 9.70. The Hall–Kier alpha value is -1.89. The van der Waals surface area contributed by atoms with Crippen molar-refractivity contribution < 1.29 is 5.11 Å². The lowest BCUT2D eigenvalue weighted by molar-refractivity contribution is 0.254. The molecular weight excluding hydrogens is 258 g/mol. The topological polar surface area (TPSA) is 86.5 Å². The molecule has 1 atom stereocenters. The molecular formula is C13H19N5O2. The van der Waals surface area contributed by atoms with Crippen LogP contribution >= 0.6 is 0 Å². The van der Waals surface area contributed by atoms with E-state index in [4.69, 9.17) is 0 Å². The quantitative estimate of drug-likeness (QED) is 0.833. The average molecular weight is 277 g/mol. The molecule has 20 heavy (non-hydrogen) atoms. The van der Waals surface area contributed by atoms with E-state index in [1.54, 1.807) is 13.0 Å². The van der Waals surface area contributed by atoms with Crippen LogP contribution < -0.4 is 10.6 Å². The largest absolute Gasteiger partial charge is 0.394 e. The zero-order valence-electron chi connectivity index (χ0n) is 11.5. The summed E-state index contributed by atoms with van der Waals surface area (Å²) in [6.07, 6.45) is 4.37. The number of aliphatic hydroxyl groups excluding tert-OH is 1. The Morgan fingerprint density at radius 1 is 1.45 bits per heavy atom. The highest BCUT2D eigenvalue weighted by molar-refractivity contribution is 5.52. The van der Waals surface area contributed by atoms with Crippen molar-refractivity contribution in [1.82, 2.24) is 19.6 Å². The van der Waals surface area contributed by atoms with Crippen molar-refractivity contribution in [1.29, 1.82) is 0 Å². The lowest BCUT2D eigenvalue weighted by Crippen LogP contribution is -2.38. The molecule has 0 spiro atoms. The molecule has 0 bridgehead atoms. The molecule has 2 N–H and O–H groups in total. The molecule has 0 aliphatic carbocycles. The number of aromatic nitrogens is 4. The molecule has 0 saturated carbocycles. The first kappa shape index (κ1) is 13.1. The molecule has 2 aromatic heterocycles. The van der Waals surface area contributed by atoms with E-state index in [1.165, 1.54) is 10.8 Å². The number of anilines is 1. The number of hydrogen-bond donors (Lipinski definition) is 2. The number of aromatic amines is 1. The first-order valence-electron chi connectivity index (χ1n) is 7.03. The second-order valence-electron chi connectivity index (χ2n) is 5.26. The van der Waals surface area contributed by atoms with Crippen molar-refractivity contribution in [3.05, 3.63) is 22.4 Å². The number of rotatable bonds is 2. The molecule has 3 rings (SSSR count). The van der Waals surface area contributed by atoms with Gasteiger partial charge in [-0.2, -0.15) is 5.10 Å². The van der Waals surface area contributed by atoms with Crippen LogP contribution in [0.2, 0.25) is 0 Å². The van der Waals surface area contributed by atoms with Gasteiger partial charge in [-0.15, -0.1) is 0 Å². The molecule has 0 radical (unpaired) electrons. The number of nitrogens with zero attached hydrogens (tertiary/aromatic N) is 4. The van der Waals surface area contributed by atoms with E-state index in [9.17, 15) is 9.90 Å². The summed E-state index contributed by atoms with van der Waals surface area (Å²) in [6.45, 7) is 2.79. The molecule has 2 aromatic rings. The first-order valence-corrected chi connectivity index (χ1v) is 7.03. The predicted molar refractivity (Wildman–Crippen MR) is 75.0 cm³/mol. The van der Waals surface area contributed by atoms with E-state index >= 15 is 0 Å². The summed E-state index contributed by atoms with van der Waals surface area (Å²) in [5.74, 6) is 1.40. The van der Waals surface area contributed by atoms with Gasteiger partial charge in [0.05, 0.1) is 12.6 Å². The smallest absolute Gasteiger partial charge is 0.349 e.